The molecular formula is C9H12N4S. The predicted octanol–water partition coefficient (Wildman–Crippen LogP) is 1.16. The van der Waals surface area contributed by atoms with E-state index in [2.05, 4.69) is 15.0 Å². The van der Waals surface area contributed by atoms with E-state index < -0.39 is 0 Å². The molecule has 5 heteroatoms. The lowest BCUT2D eigenvalue weighted by Gasteiger charge is -2.23. The minimum atomic E-state index is 0.397. The smallest absolute Gasteiger partial charge is 0.223 e. The average molecular weight is 208 g/mol. The van der Waals surface area contributed by atoms with Crippen molar-refractivity contribution in [1.82, 2.24) is 15.0 Å². The summed E-state index contributed by atoms with van der Waals surface area (Å²) in [5.74, 6) is 5.58. The third kappa shape index (κ3) is 1.45. The molecule has 1 aliphatic heterocycles. The van der Waals surface area contributed by atoms with Gasteiger partial charge < -0.3 is 5.73 Å². The van der Waals surface area contributed by atoms with Gasteiger partial charge in [0.25, 0.3) is 0 Å². The van der Waals surface area contributed by atoms with Crippen LogP contribution in [0.4, 0.5) is 5.95 Å². The van der Waals surface area contributed by atoms with Gasteiger partial charge in [0, 0.05) is 23.3 Å². The van der Waals surface area contributed by atoms with Crippen molar-refractivity contribution in [3.8, 4) is 0 Å². The van der Waals surface area contributed by atoms with E-state index in [1.54, 1.807) is 0 Å². The van der Waals surface area contributed by atoms with Gasteiger partial charge in [-0.1, -0.05) is 0 Å². The fourth-order valence-corrected chi connectivity index (χ4v) is 2.29. The van der Waals surface area contributed by atoms with E-state index in [9.17, 15) is 0 Å². The van der Waals surface area contributed by atoms with Crippen molar-refractivity contribution in [1.29, 1.82) is 0 Å². The van der Waals surface area contributed by atoms with Crippen LogP contribution in [-0.4, -0.2) is 26.5 Å². The lowest BCUT2D eigenvalue weighted by Crippen LogP contribution is -2.20. The van der Waals surface area contributed by atoms with Crippen molar-refractivity contribution in [3.63, 3.8) is 0 Å². The van der Waals surface area contributed by atoms with Crippen molar-refractivity contribution in [2.24, 2.45) is 0 Å². The maximum atomic E-state index is 5.67. The molecule has 1 aromatic heterocycles. The first-order valence-electron chi connectivity index (χ1n) is 4.92. The van der Waals surface area contributed by atoms with Crippen LogP contribution >= 0.6 is 11.8 Å². The van der Waals surface area contributed by atoms with Crippen LogP contribution < -0.4 is 5.73 Å². The van der Waals surface area contributed by atoms with E-state index in [4.69, 9.17) is 5.73 Å². The molecule has 2 fully saturated rings. The Kier molecular flexibility index (Phi) is 1.87. The Hall–Kier alpha value is -0.840. The Morgan fingerprint density at radius 1 is 1.00 bits per heavy atom. The minimum absolute atomic E-state index is 0.397. The molecule has 2 heterocycles. The van der Waals surface area contributed by atoms with Gasteiger partial charge in [-0.25, -0.2) is 4.98 Å². The van der Waals surface area contributed by atoms with Crippen molar-refractivity contribution >= 4 is 17.7 Å². The van der Waals surface area contributed by atoms with Crippen LogP contribution in [0.5, 0.6) is 0 Å². The van der Waals surface area contributed by atoms with Crippen LogP contribution in [0.3, 0.4) is 0 Å². The molecule has 0 unspecified atom stereocenters. The highest BCUT2D eigenvalue weighted by Gasteiger charge is 2.30. The van der Waals surface area contributed by atoms with Gasteiger partial charge in [-0.3, -0.25) is 0 Å². The van der Waals surface area contributed by atoms with Crippen molar-refractivity contribution in [2.45, 2.75) is 24.7 Å². The summed E-state index contributed by atoms with van der Waals surface area (Å²) in [5, 5.41) is 0. The van der Waals surface area contributed by atoms with E-state index in [0.717, 1.165) is 23.2 Å². The number of hydrogen-bond donors (Lipinski definition) is 1. The zero-order valence-corrected chi connectivity index (χ0v) is 8.63. The number of hydrogen-bond acceptors (Lipinski definition) is 5. The first-order chi connectivity index (χ1) is 6.83. The molecule has 0 radical (unpaired) electrons. The Labute approximate surface area is 86.7 Å². The molecular weight excluding hydrogens is 196 g/mol. The number of anilines is 1. The fourth-order valence-electron chi connectivity index (χ4n) is 1.52. The number of rotatable bonds is 2. The zero-order valence-electron chi connectivity index (χ0n) is 7.81. The van der Waals surface area contributed by atoms with Gasteiger partial charge in [-0.05, 0) is 12.8 Å². The summed E-state index contributed by atoms with van der Waals surface area (Å²) in [4.78, 5) is 12.9. The van der Waals surface area contributed by atoms with Gasteiger partial charge in [0.05, 0.1) is 0 Å². The predicted molar refractivity (Wildman–Crippen MR) is 56.3 cm³/mol. The maximum absolute atomic E-state index is 5.67. The number of nitrogens with two attached hydrogens (primary N) is 1. The molecule has 14 heavy (non-hydrogen) atoms. The molecule has 4 nitrogen and oxygen atoms in total. The van der Waals surface area contributed by atoms with E-state index >= 15 is 0 Å². The summed E-state index contributed by atoms with van der Waals surface area (Å²) in [6.07, 6.45) is 2.42. The highest BCUT2D eigenvalue weighted by atomic mass is 32.2. The van der Waals surface area contributed by atoms with Crippen LogP contribution in [0.15, 0.2) is 0 Å². The van der Waals surface area contributed by atoms with Gasteiger partial charge in [0.15, 0.2) is 0 Å². The average Bonchev–Trinajstić information content (AvgIpc) is 2.80. The summed E-state index contributed by atoms with van der Waals surface area (Å²) in [6, 6.07) is 0. The molecule has 1 aliphatic carbocycles. The van der Waals surface area contributed by atoms with Crippen molar-refractivity contribution in [2.75, 3.05) is 17.2 Å². The second kappa shape index (κ2) is 3.08. The van der Waals surface area contributed by atoms with Crippen LogP contribution in [0.2, 0.25) is 0 Å². The molecule has 0 bridgehead atoms. The number of nitrogen functional groups attached to an aromatic ring is 1. The molecule has 74 valence electrons. The summed E-state index contributed by atoms with van der Waals surface area (Å²) in [5.41, 5.74) is 5.67. The SMILES string of the molecule is Nc1nc(C2CC2)nc(C2CSC2)n1. The number of nitrogens with zero attached hydrogens (tertiary/aromatic N) is 3. The van der Waals surface area contributed by atoms with Gasteiger partial charge in [0.2, 0.25) is 5.95 Å². The minimum Gasteiger partial charge on any atom is -0.368 e. The first-order valence-corrected chi connectivity index (χ1v) is 6.07. The monoisotopic (exact) mass is 208 g/mol. The molecule has 2 N–H and O–H groups in total. The van der Waals surface area contributed by atoms with E-state index in [1.807, 2.05) is 11.8 Å². The normalized spacial score (nSPS) is 22.0. The molecule has 0 spiro atoms. The third-order valence-electron chi connectivity index (χ3n) is 2.63. The molecule has 0 amide bonds. The Balaban J connectivity index is 1.93. The van der Waals surface area contributed by atoms with Crippen molar-refractivity contribution < 1.29 is 0 Å². The molecule has 2 aliphatic rings. The first kappa shape index (κ1) is 8.47. The molecule has 3 rings (SSSR count). The quantitative estimate of drug-likeness (QED) is 0.790. The summed E-state index contributed by atoms with van der Waals surface area (Å²) < 4.78 is 0. The molecule has 1 aromatic rings. The van der Waals surface area contributed by atoms with Gasteiger partial charge >= 0.3 is 0 Å². The number of aromatic nitrogens is 3. The standard InChI is InChI=1S/C9H12N4S/c10-9-12-7(5-1-2-5)11-8(13-9)6-3-14-4-6/h5-6H,1-4H2,(H2,10,11,12,13). The lowest BCUT2D eigenvalue weighted by molar-refractivity contribution is 0.729. The molecule has 0 aromatic carbocycles. The second-order valence-electron chi connectivity index (χ2n) is 3.92. The van der Waals surface area contributed by atoms with E-state index in [-0.39, 0.29) is 0 Å². The fraction of sp³-hybridized carbons (Fsp3) is 0.667. The zero-order chi connectivity index (χ0) is 9.54. The highest BCUT2D eigenvalue weighted by molar-refractivity contribution is 8.00. The van der Waals surface area contributed by atoms with Gasteiger partial charge in [-0.2, -0.15) is 21.7 Å². The molecule has 0 atom stereocenters. The molecule has 1 saturated heterocycles. The lowest BCUT2D eigenvalue weighted by atomic mass is 10.2. The Morgan fingerprint density at radius 3 is 2.14 bits per heavy atom. The van der Waals surface area contributed by atoms with Gasteiger partial charge in [0.1, 0.15) is 11.6 Å². The largest absolute Gasteiger partial charge is 0.368 e. The van der Waals surface area contributed by atoms with Crippen LogP contribution in [0.25, 0.3) is 0 Å². The van der Waals surface area contributed by atoms with Gasteiger partial charge in [-0.15, -0.1) is 0 Å². The maximum Gasteiger partial charge on any atom is 0.223 e. The summed E-state index contributed by atoms with van der Waals surface area (Å²) in [7, 11) is 0. The molecule has 1 saturated carbocycles. The van der Waals surface area contributed by atoms with Crippen LogP contribution in [0, 0.1) is 0 Å². The Bertz CT molecular complexity index is 360. The number of thioether (sulfide) groups is 1. The topological polar surface area (TPSA) is 64.7 Å². The van der Waals surface area contributed by atoms with E-state index in [1.165, 1.54) is 12.8 Å². The third-order valence-corrected chi connectivity index (χ3v) is 3.91. The highest BCUT2D eigenvalue weighted by Crippen LogP contribution is 2.39. The Morgan fingerprint density at radius 2 is 1.64 bits per heavy atom. The summed E-state index contributed by atoms with van der Waals surface area (Å²) >= 11 is 1.93. The van der Waals surface area contributed by atoms with Crippen LogP contribution in [-0.2, 0) is 0 Å². The van der Waals surface area contributed by atoms with Crippen molar-refractivity contribution in [3.05, 3.63) is 11.6 Å². The summed E-state index contributed by atoms with van der Waals surface area (Å²) in [6.45, 7) is 0. The van der Waals surface area contributed by atoms with E-state index in [0.29, 0.717) is 17.8 Å². The van der Waals surface area contributed by atoms with Crippen LogP contribution in [0.1, 0.15) is 36.3 Å². The second-order valence-corrected chi connectivity index (χ2v) is 4.99.